The molecule has 1 aliphatic heterocycles. The van der Waals surface area contributed by atoms with Gasteiger partial charge in [-0.25, -0.2) is 8.42 Å². The molecule has 1 saturated heterocycles. The van der Waals surface area contributed by atoms with Crippen molar-refractivity contribution in [1.82, 2.24) is 4.90 Å². The number of carbonyl (C=O) groups is 1. The Hall–Kier alpha value is -1.76. The topological polar surface area (TPSA) is 72.9 Å². The van der Waals surface area contributed by atoms with Gasteiger partial charge in [-0.3, -0.25) is 4.79 Å². The first-order valence-corrected chi connectivity index (χ1v) is 10.4. The molecular formula is C18H25NO5S. The van der Waals surface area contributed by atoms with Crippen LogP contribution in [-0.4, -0.2) is 56.5 Å². The number of rotatable bonds is 6. The molecule has 6 nitrogen and oxygen atoms in total. The largest absolute Gasteiger partial charge is 0.497 e. The Morgan fingerprint density at radius 3 is 2.48 bits per heavy atom. The molecule has 0 N–H and O–H groups in total. The Morgan fingerprint density at radius 1 is 1.12 bits per heavy atom. The predicted molar refractivity (Wildman–Crippen MR) is 94.6 cm³/mol. The van der Waals surface area contributed by atoms with E-state index in [2.05, 4.69) is 0 Å². The molecule has 0 aromatic heterocycles. The molecule has 138 valence electrons. The highest BCUT2D eigenvalue weighted by Gasteiger charge is 2.43. The van der Waals surface area contributed by atoms with Gasteiger partial charge in [0.2, 0.25) is 0 Å². The minimum absolute atomic E-state index is 0.0939. The van der Waals surface area contributed by atoms with Crippen LogP contribution in [0.5, 0.6) is 11.5 Å². The third kappa shape index (κ3) is 4.08. The van der Waals surface area contributed by atoms with Gasteiger partial charge in [0.1, 0.15) is 11.5 Å². The van der Waals surface area contributed by atoms with Crippen LogP contribution in [0.4, 0.5) is 0 Å². The normalized spacial score (nSPS) is 19.3. The smallest absolute Gasteiger partial charge is 0.260 e. The first kappa shape index (κ1) is 18.0. The zero-order valence-electron chi connectivity index (χ0n) is 14.5. The molecule has 0 atom stereocenters. The van der Waals surface area contributed by atoms with E-state index in [9.17, 15) is 13.2 Å². The van der Waals surface area contributed by atoms with Crippen molar-refractivity contribution in [2.45, 2.75) is 42.6 Å². The molecule has 1 aromatic rings. The number of ether oxygens (including phenoxy) is 2. The maximum absolute atomic E-state index is 12.6. The number of sulfone groups is 1. The molecule has 1 heterocycles. The molecule has 0 bridgehead atoms. The molecule has 0 radical (unpaired) electrons. The number of nitrogens with zero attached hydrogens (tertiary/aromatic N) is 1. The molecule has 2 fully saturated rings. The highest BCUT2D eigenvalue weighted by atomic mass is 32.2. The van der Waals surface area contributed by atoms with E-state index in [1.54, 1.807) is 36.3 Å². The van der Waals surface area contributed by atoms with Crippen LogP contribution in [0.25, 0.3) is 0 Å². The predicted octanol–water partition coefficient (Wildman–Crippen LogP) is 2.03. The van der Waals surface area contributed by atoms with E-state index in [1.165, 1.54) is 0 Å². The van der Waals surface area contributed by atoms with Crippen molar-refractivity contribution in [2.24, 2.45) is 0 Å². The van der Waals surface area contributed by atoms with E-state index in [-0.39, 0.29) is 17.8 Å². The van der Waals surface area contributed by atoms with Gasteiger partial charge in [0.25, 0.3) is 5.91 Å². The Morgan fingerprint density at radius 2 is 1.80 bits per heavy atom. The molecular weight excluding hydrogens is 342 g/mol. The fourth-order valence-electron chi connectivity index (χ4n) is 3.44. The summed E-state index contributed by atoms with van der Waals surface area (Å²) in [5.41, 5.74) is 0. The van der Waals surface area contributed by atoms with Gasteiger partial charge in [-0.1, -0.05) is 25.3 Å². The number of hydrogen-bond donors (Lipinski definition) is 0. The molecule has 1 amide bonds. The van der Waals surface area contributed by atoms with Gasteiger partial charge in [0, 0.05) is 19.2 Å². The molecule has 1 saturated carbocycles. The number of amides is 1. The second-order valence-corrected chi connectivity index (χ2v) is 9.25. The van der Waals surface area contributed by atoms with Crippen LogP contribution < -0.4 is 9.47 Å². The van der Waals surface area contributed by atoms with E-state index < -0.39 is 15.1 Å². The van der Waals surface area contributed by atoms with Crippen LogP contribution in [-0.2, 0) is 14.6 Å². The Balaban J connectivity index is 1.47. The van der Waals surface area contributed by atoms with Crippen molar-refractivity contribution in [3.8, 4) is 11.5 Å². The number of benzene rings is 1. The lowest BCUT2D eigenvalue weighted by molar-refractivity contribution is -0.136. The molecule has 25 heavy (non-hydrogen) atoms. The quantitative estimate of drug-likeness (QED) is 0.769. The van der Waals surface area contributed by atoms with Crippen molar-refractivity contribution in [2.75, 3.05) is 26.8 Å². The average molecular weight is 367 g/mol. The fourth-order valence-corrected chi connectivity index (χ4v) is 5.75. The summed E-state index contributed by atoms with van der Waals surface area (Å²) < 4.78 is 35.8. The first-order chi connectivity index (χ1) is 12.0. The van der Waals surface area contributed by atoms with Crippen LogP contribution in [0.3, 0.4) is 0 Å². The van der Waals surface area contributed by atoms with Gasteiger partial charge >= 0.3 is 0 Å². The van der Waals surface area contributed by atoms with Crippen LogP contribution in [0, 0.1) is 0 Å². The lowest BCUT2D eigenvalue weighted by atomic mass is 10.0. The van der Waals surface area contributed by atoms with E-state index >= 15 is 0 Å². The molecule has 1 aliphatic carbocycles. The summed E-state index contributed by atoms with van der Waals surface area (Å²) in [7, 11) is -1.55. The second-order valence-electron chi connectivity index (χ2n) is 6.74. The Labute approximate surface area is 149 Å². The SMILES string of the molecule is COc1cccc(OCC(=O)N2CC(S(=O)(=O)C3CCCCC3)C2)c1. The van der Waals surface area contributed by atoms with E-state index in [4.69, 9.17) is 9.47 Å². The van der Waals surface area contributed by atoms with Crippen molar-refractivity contribution in [1.29, 1.82) is 0 Å². The number of hydrogen-bond acceptors (Lipinski definition) is 5. The maximum Gasteiger partial charge on any atom is 0.260 e. The standard InChI is InChI=1S/C18H25NO5S/c1-23-14-6-5-7-15(10-14)24-13-18(20)19-11-17(12-19)25(21,22)16-8-3-2-4-9-16/h5-7,10,16-17H,2-4,8-9,11-13H2,1H3. The summed E-state index contributed by atoms with van der Waals surface area (Å²) in [6.45, 7) is 0.488. The van der Waals surface area contributed by atoms with Crippen LogP contribution in [0.2, 0.25) is 0 Å². The van der Waals surface area contributed by atoms with Crippen LogP contribution in [0.1, 0.15) is 32.1 Å². The van der Waals surface area contributed by atoms with Crippen molar-refractivity contribution in [3.63, 3.8) is 0 Å². The summed E-state index contributed by atoms with van der Waals surface area (Å²) in [6, 6.07) is 7.04. The second kappa shape index (κ2) is 7.64. The zero-order chi connectivity index (χ0) is 17.9. The van der Waals surface area contributed by atoms with Gasteiger partial charge in [-0.05, 0) is 25.0 Å². The average Bonchev–Trinajstić information content (AvgIpc) is 2.59. The summed E-state index contributed by atoms with van der Waals surface area (Å²) in [4.78, 5) is 13.7. The molecule has 3 rings (SSSR count). The monoisotopic (exact) mass is 367 g/mol. The highest BCUT2D eigenvalue weighted by molar-refractivity contribution is 7.92. The minimum Gasteiger partial charge on any atom is -0.497 e. The van der Waals surface area contributed by atoms with Crippen molar-refractivity contribution < 1.29 is 22.7 Å². The van der Waals surface area contributed by atoms with Crippen LogP contribution >= 0.6 is 0 Å². The molecule has 0 unspecified atom stereocenters. The van der Waals surface area contributed by atoms with E-state index in [0.29, 0.717) is 24.6 Å². The minimum atomic E-state index is -3.12. The first-order valence-electron chi connectivity index (χ1n) is 8.78. The fraction of sp³-hybridized carbons (Fsp3) is 0.611. The highest BCUT2D eigenvalue weighted by Crippen LogP contribution is 2.30. The van der Waals surface area contributed by atoms with Crippen LogP contribution in [0.15, 0.2) is 24.3 Å². The summed E-state index contributed by atoms with van der Waals surface area (Å²) in [6.07, 6.45) is 4.65. The third-order valence-electron chi connectivity index (χ3n) is 5.09. The van der Waals surface area contributed by atoms with Gasteiger partial charge in [0.15, 0.2) is 16.4 Å². The van der Waals surface area contributed by atoms with E-state index in [0.717, 1.165) is 32.1 Å². The van der Waals surface area contributed by atoms with E-state index in [1.807, 2.05) is 0 Å². The van der Waals surface area contributed by atoms with Gasteiger partial charge < -0.3 is 14.4 Å². The maximum atomic E-state index is 12.6. The van der Waals surface area contributed by atoms with Crippen molar-refractivity contribution >= 4 is 15.7 Å². The molecule has 7 heteroatoms. The zero-order valence-corrected chi connectivity index (χ0v) is 15.3. The number of likely N-dealkylation sites (tertiary alicyclic amines) is 1. The summed E-state index contributed by atoms with van der Waals surface area (Å²) >= 11 is 0. The third-order valence-corrected chi connectivity index (χ3v) is 7.71. The van der Waals surface area contributed by atoms with Gasteiger partial charge in [-0.15, -0.1) is 0 Å². The Kier molecular flexibility index (Phi) is 5.51. The number of carbonyl (C=O) groups excluding carboxylic acids is 1. The van der Waals surface area contributed by atoms with Gasteiger partial charge in [0.05, 0.1) is 17.6 Å². The molecule has 1 aromatic carbocycles. The van der Waals surface area contributed by atoms with Gasteiger partial charge in [-0.2, -0.15) is 0 Å². The molecule has 0 spiro atoms. The lowest BCUT2D eigenvalue weighted by Gasteiger charge is -2.40. The lowest BCUT2D eigenvalue weighted by Crippen LogP contribution is -2.59. The summed E-state index contributed by atoms with van der Waals surface area (Å²) in [5.74, 6) is 1.03. The number of methoxy groups -OCH3 is 1. The van der Waals surface area contributed by atoms with Crippen molar-refractivity contribution in [3.05, 3.63) is 24.3 Å². The Bertz CT molecular complexity index is 706. The summed E-state index contributed by atoms with van der Waals surface area (Å²) in [5, 5.41) is -0.618. The molecule has 2 aliphatic rings.